The van der Waals surface area contributed by atoms with Crippen LogP contribution in [0.2, 0.25) is 0 Å². The van der Waals surface area contributed by atoms with Gasteiger partial charge < -0.3 is 10.0 Å². The molecule has 1 aliphatic rings. The topological polar surface area (TPSA) is 26.7 Å². The van der Waals surface area contributed by atoms with Crippen molar-refractivity contribution in [3.05, 3.63) is 0 Å². The molecular weight excluding hydrogens is 200 g/mol. The number of likely N-dealkylation sites (N-methyl/N-ethyl adjacent to an activating group) is 1. The van der Waals surface area contributed by atoms with Crippen molar-refractivity contribution >= 4 is 0 Å². The fraction of sp³-hybridized carbons (Fsp3) is 1.00. The lowest BCUT2D eigenvalue weighted by Gasteiger charge is -2.37. The average molecular weight is 228 g/mol. The second kappa shape index (κ2) is 7.25. The van der Waals surface area contributed by atoms with Crippen LogP contribution in [0.25, 0.3) is 0 Å². The zero-order valence-electron chi connectivity index (χ0n) is 11.2. The second-order valence-corrected chi connectivity index (χ2v) is 5.20. The van der Waals surface area contributed by atoms with Crippen LogP contribution in [0.3, 0.4) is 0 Å². The molecule has 1 saturated carbocycles. The fourth-order valence-corrected chi connectivity index (χ4v) is 2.67. The normalized spacial score (nSPS) is 26.6. The van der Waals surface area contributed by atoms with Gasteiger partial charge in [0.2, 0.25) is 0 Å². The van der Waals surface area contributed by atoms with Crippen molar-refractivity contribution in [2.75, 3.05) is 33.7 Å². The monoisotopic (exact) mass is 228 g/mol. The summed E-state index contributed by atoms with van der Waals surface area (Å²) in [5.41, 5.74) is 0. The summed E-state index contributed by atoms with van der Waals surface area (Å²) in [5, 5.41) is 10.0. The Labute approximate surface area is 100 Å². The Kier molecular flexibility index (Phi) is 6.32. The third kappa shape index (κ3) is 4.40. The molecule has 3 heteroatoms. The van der Waals surface area contributed by atoms with E-state index in [4.69, 9.17) is 0 Å². The average Bonchev–Trinajstić information content (AvgIpc) is 2.25. The van der Waals surface area contributed by atoms with Gasteiger partial charge in [-0.2, -0.15) is 0 Å². The summed E-state index contributed by atoms with van der Waals surface area (Å²) in [5.74, 6) is 0. The molecule has 2 atom stereocenters. The van der Waals surface area contributed by atoms with E-state index in [0.29, 0.717) is 6.04 Å². The van der Waals surface area contributed by atoms with Crippen LogP contribution >= 0.6 is 0 Å². The number of hydrogen-bond donors (Lipinski definition) is 1. The molecule has 1 N–H and O–H groups in total. The van der Waals surface area contributed by atoms with Gasteiger partial charge in [-0.3, -0.25) is 4.90 Å². The van der Waals surface area contributed by atoms with E-state index >= 15 is 0 Å². The predicted molar refractivity (Wildman–Crippen MR) is 68.7 cm³/mol. The highest BCUT2D eigenvalue weighted by Gasteiger charge is 2.27. The molecule has 0 aromatic rings. The highest BCUT2D eigenvalue weighted by Crippen LogP contribution is 2.23. The summed E-state index contributed by atoms with van der Waals surface area (Å²) in [6.07, 6.45) is 5.77. The van der Waals surface area contributed by atoms with Gasteiger partial charge >= 0.3 is 0 Å². The molecule has 0 bridgehead atoms. The smallest absolute Gasteiger partial charge is 0.0695 e. The molecule has 0 unspecified atom stereocenters. The maximum atomic E-state index is 10.0. The molecule has 3 nitrogen and oxygen atoms in total. The van der Waals surface area contributed by atoms with Crippen molar-refractivity contribution in [2.45, 2.75) is 51.2 Å². The van der Waals surface area contributed by atoms with Gasteiger partial charge in [-0.15, -0.1) is 0 Å². The van der Waals surface area contributed by atoms with Gasteiger partial charge in [-0.1, -0.05) is 19.8 Å². The molecule has 0 spiro atoms. The van der Waals surface area contributed by atoms with E-state index in [-0.39, 0.29) is 6.10 Å². The van der Waals surface area contributed by atoms with Crippen LogP contribution in [0.4, 0.5) is 0 Å². The predicted octanol–water partition coefficient (Wildman–Crippen LogP) is 1.56. The number of nitrogens with zero attached hydrogens (tertiary/aromatic N) is 2. The lowest BCUT2D eigenvalue weighted by Crippen LogP contribution is -2.46. The van der Waals surface area contributed by atoms with Crippen LogP contribution in [0.15, 0.2) is 0 Å². The Hall–Kier alpha value is -0.120. The molecule has 16 heavy (non-hydrogen) atoms. The summed E-state index contributed by atoms with van der Waals surface area (Å²) in [6, 6.07) is 0.418. The zero-order valence-corrected chi connectivity index (χ0v) is 11.2. The molecular formula is C13H28N2O. The molecule has 1 rings (SSSR count). The van der Waals surface area contributed by atoms with Crippen molar-refractivity contribution in [1.82, 2.24) is 9.80 Å². The van der Waals surface area contributed by atoms with Gasteiger partial charge in [-0.25, -0.2) is 0 Å². The standard InChI is InChI=1S/C13H28N2O/c1-4-15(11-7-10-14(2)3)12-8-5-6-9-13(12)16/h12-13,16H,4-11H2,1-3H3/t12-,13-/m0/s1. The van der Waals surface area contributed by atoms with Crippen LogP contribution in [0.1, 0.15) is 39.0 Å². The first kappa shape index (κ1) is 13.9. The Morgan fingerprint density at radius 3 is 2.38 bits per heavy atom. The van der Waals surface area contributed by atoms with Crippen LogP contribution < -0.4 is 0 Å². The number of aliphatic hydroxyl groups excluding tert-OH is 1. The van der Waals surface area contributed by atoms with E-state index in [1.165, 1.54) is 25.7 Å². The van der Waals surface area contributed by atoms with Crippen LogP contribution in [0, 0.1) is 0 Å². The summed E-state index contributed by atoms with van der Waals surface area (Å²) in [7, 11) is 4.23. The highest BCUT2D eigenvalue weighted by atomic mass is 16.3. The molecule has 0 heterocycles. The highest BCUT2D eigenvalue weighted by molar-refractivity contribution is 4.82. The lowest BCUT2D eigenvalue weighted by molar-refractivity contribution is 0.0209. The molecule has 0 amide bonds. The van der Waals surface area contributed by atoms with Gasteiger partial charge in [0.05, 0.1) is 6.10 Å². The molecule has 96 valence electrons. The van der Waals surface area contributed by atoms with Crippen molar-refractivity contribution in [1.29, 1.82) is 0 Å². The van der Waals surface area contributed by atoms with Gasteiger partial charge in [0.15, 0.2) is 0 Å². The van der Waals surface area contributed by atoms with E-state index in [0.717, 1.165) is 26.1 Å². The molecule has 0 aliphatic heterocycles. The number of hydrogen-bond acceptors (Lipinski definition) is 3. The van der Waals surface area contributed by atoms with Gasteiger partial charge in [0.1, 0.15) is 0 Å². The van der Waals surface area contributed by atoms with E-state index in [2.05, 4.69) is 30.8 Å². The molecule has 1 aliphatic carbocycles. The fourth-order valence-electron chi connectivity index (χ4n) is 2.67. The SMILES string of the molecule is CCN(CCCN(C)C)[C@H]1CCCC[C@@H]1O. The maximum Gasteiger partial charge on any atom is 0.0695 e. The van der Waals surface area contributed by atoms with Crippen LogP contribution in [0.5, 0.6) is 0 Å². The minimum Gasteiger partial charge on any atom is -0.391 e. The van der Waals surface area contributed by atoms with Crippen molar-refractivity contribution in [2.24, 2.45) is 0 Å². The zero-order chi connectivity index (χ0) is 12.0. The minimum atomic E-state index is -0.0898. The van der Waals surface area contributed by atoms with Crippen LogP contribution in [-0.4, -0.2) is 60.8 Å². The van der Waals surface area contributed by atoms with E-state index in [9.17, 15) is 5.11 Å². The molecule has 0 aromatic heterocycles. The lowest BCUT2D eigenvalue weighted by atomic mass is 9.91. The largest absolute Gasteiger partial charge is 0.391 e. The molecule has 0 radical (unpaired) electrons. The Morgan fingerprint density at radius 1 is 1.12 bits per heavy atom. The summed E-state index contributed by atoms with van der Waals surface area (Å²) < 4.78 is 0. The molecule has 0 aromatic carbocycles. The summed E-state index contributed by atoms with van der Waals surface area (Å²) >= 11 is 0. The van der Waals surface area contributed by atoms with Crippen molar-refractivity contribution < 1.29 is 5.11 Å². The summed E-state index contributed by atoms with van der Waals surface area (Å²) in [4.78, 5) is 4.69. The number of aliphatic hydroxyl groups is 1. The summed E-state index contributed by atoms with van der Waals surface area (Å²) in [6.45, 7) is 5.53. The third-order valence-electron chi connectivity index (χ3n) is 3.62. The van der Waals surface area contributed by atoms with Crippen molar-refractivity contribution in [3.8, 4) is 0 Å². The number of rotatable bonds is 6. The maximum absolute atomic E-state index is 10.0. The first-order valence-electron chi connectivity index (χ1n) is 6.72. The van der Waals surface area contributed by atoms with Crippen molar-refractivity contribution in [3.63, 3.8) is 0 Å². The van der Waals surface area contributed by atoms with Crippen LogP contribution in [-0.2, 0) is 0 Å². The first-order valence-corrected chi connectivity index (χ1v) is 6.72. The van der Waals surface area contributed by atoms with E-state index < -0.39 is 0 Å². The van der Waals surface area contributed by atoms with Gasteiger partial charge in [0.25, 0.3) is 0 Å². The Morgan fingerprint density at radius 2 is 1.81 bits per heavy atom. The first-order chi connectivity index (χ1) is 7.65. The van der Waals surface area contributed by atoms with E-state index in [1.807, 2.05) is 0 Å². The Balaban J connectivity index is 2.33. The quantitative estimate of drug-likeness (QED) is 0.747. The second-order valence-electron chi connectivity index (χ2n) is 5.20. The molecule has 1 fully saturated rings. The third-order valence-corrected chi connectivity index (χ3v) is 3.62. The van der Waals surface area contributed by atoms with Gasteiger partial charge in [-0.05, 0) is 53.0 Å². The Bertz CT molecular complexity index is 185. The van der Waals surface area contributed by atoms with Gasteiger partial charge in [0, 0.05) is 6.04 Å². The van der Waals surface area contributed by atoms with E-state index in [1.54, 1.807) is 0 Å². The minimum absolute atomic E-state index is 0.0898. The molecule has 0 saturated heterocycles.